The minimum absolute atomic E-state index is 0.165. The van der Waals surface area contributed by atoms with E-state index in [2.05, 4.69) is 4.90 Å². The summed E-state index contributed by atoms with van der Waals surface area (Å²) in [5, 5.41) is 8.87. The van der Waals surface area contributed by atoms with Crippen LogP contribution in [-0.4, -0.2) is 47.3 Å². The van der Waals surface area contributed by atoms with Gasteiger partial charge in [-0.15, -0.1) is 0 Å². The van der Waals surface area contributed by atoms with Crippen molar-refractivity contribution in [3.63, 3.8) is 0 Å². The van der Waals surface area contributed by atoms with Crippen LogP contribution in [0, 0.1) is 0 Å². The third-order valence-electron chi connectivity index (χ3n) is 2.95. The number of aliphatic hydroxyl groups excluding tert-OH is 1. The van der Waals surface area contributed by atoms with E-state index in [0.717, 1.165) is 25.8 Å². The number of carbonyl (C=O) groups is 1. The third kappa shape index (κ3) is 5.50. The maximum absolute atomic E-state index is 11.8. The van der Waals surface area contributed by atoms with Crippen molar-refractivity contribution in [2.75, 3.05) is 19.7 Å². The molecule has 1 N–H and O–H groups in total. The summed E-state index contributed by atoms with van der Waals surface area (Å²) in [6.45, 7) is 6.95. The highest BCUT2D eigenvalue weighted by molar-refractivity contribution is 5.72. The molecule has 0 unspecified atom stereocenters. The highest BCUT2D eigenvalue weighted by atomic mass is 16.6. The fourth-order valence-electron chi connectivity index (χ4n) is 1.96. The molecule has 1 saturated carbocycles. The molecule has 17 heavy (non-hydrogen) atoms. The van der Waals surface area contributed by atoms with Crippen LogP contribution >= 0.6 is 0 Å². The molecule has 0 radical (unpaired) electrons. The molecule has 0 aromatic heterocycles. The van der Waals surface area contributed by atoms with E-state index >= 15 is 0 Å². The second-order valence-corrected chi connectivity index (χ2v) is 5.72. The van der Waals surface area contributed by atoms with Crippen LogP contribution in [0.2, 0.25) is 0 Å². The van der Waals surface area contributed by atoms with E-state index < -0.39 is 5.60 Å². The lowest BCUT2D eigenvalue weighted by Gasteiger charge is -2.37. The molecule has 1 aliphatic rings. The Morgan fingerprint density at radius 1 is 1.41 bits per heavy atom. The lowest BCUT2D eigenvalue weighted by Crippen LogP contribution is -2.45. The molecule has 0 amide bonds. The Balaban J connectivity index is 2.39. The van der Waals surface area contributed by atoms with Crippen LogP contribution in [-0.2, 0) is 9.53 Å². The minimum Gasteiger partial charge on any atom is -0.459 e. The van der Waals surface area contributed by atoms with Crippen molar-refractivity contribution >= 4 is 5.97 Å². The van der Waals surface area contributed by atoms with E-state index in [4.69, 9.17) is 9.84 Å². The number of carbonyl (C=O) groups excluding carboxylic acids is 1. The van der Waals surface area contributed by atoms with Gasteiger partial charge in [-0.05, 0) is 40.0 Å². The molecule has 0 aliphatic heterocycles. The number of nitrogens with zero attached hydrogens (tertiary/aromatic N) is 1. The molecule has 1 fully saturated rings. The van der Waals surface area contributed by atoms with Crippen LogP contribution in [0.15, 0.2) is 0 Å². The summed E-state index contributed by atoms with van der Waals surface area (Å²) < 4.78 is 5.32. The number of aliphatic hydroxyl groups is 1. The maximum Gasteiger partial charge on any atom is 0.320 e. The number of hydrogen-bond donors (Lipinski definition) is 1. The van der Waals surface area contributed by atoms with Gasteiger partial charge in [-0.2, -0.15) is 0 Å². The molecule has 0 atom stereocenters. The van der Waals surface area contributed by atoms with Crippen LogP contribution in [0.3, 0.4) is 0 Å². The van der Waals surface area contributed by atoms with Gasteiger partial charge in [0, 0.05) is 19.2 Å². The Morgan fingerprint density at radius 3 is 2.47 bits per heavy atom. The van der Waals surface area contributed by atoms with Gasteiger partial charge in [-0.1, -0.05) is 6.42 Å². The van der Waals surface area contributed by atoms with E-state index in [1.165, 1.54) is 6.42 Å². The normalized spacial score (nSPS) is 17.0. The topological polar surface area (TPSA) is 49.8 Å². The number of hydrogen-bond acceptors (Lipinski definition) is 4. The van der Waals surface area contributed by atoms with Gasteiger partial charge in [-0.3, -0.25) is 9.69 Å². The summed E-state index contributed by atoms with van der Waals surface area (Å²) >= 11 is 0. The first-order chi connectivity index (χ1) is 7.92. The van der Waals surface area contributed by atoms with Crippen molar-refractivity contribution in [1.29, 1.82) is 0 Å². The highest BCUT2D eigenvalue weighted by Gasteiger charge is 2.27. The van der Waals surface area contributed by atoms with Crippen molar-refractivity contribution in [3.05, 3.63) is 0 Å². The first kappa shape index (κ1) is 14.5. The number of esters is 1. The summed E-state index contributed by atoms with van der Waals surface area (Å²) in [5.41, 5.74) is -0.417. The van der Waals surface area contributed by atoms with Gasteiger partial charge >= 0.3 is 5.97 Å². The molecule has 100 valence electrons. The van der Waals surface area contributed by atoms with E-state index in [1.54, 1.807) is 0 Å². The smallest absolute Gasteiger partial charge is 0.320 e. The molecule has 0 saturated heterocycles. The molecule has 0 spiro atoms. The minimum atomic E-state index is -0.417. The third-order valence-corrected chi connectivity index (χ3v) is 2.95. The van der Waals surface area contributed by atoms with Gasteiger partial charge in [0.2, 0.25) is 0 Å². The van der Waals surface area contributed by atoms with Gasteiger partial charge in [-0.25, -0.2) is 0 Å². The SMILES string of the molecule is CC(C)(C)OC(=O)CN(CCCO)C1CCC1. The van der Waals surface area contributed by atoms with Gasteiger partial charge < -0.3 is 9.84 Å². The zero-order valence-corrected chi connectivity index (χ0v) is 11.2. The summed E-state index contributed by atoms with van der Waals surface area (Å²) in [6, 6.07) is 0.508. The molecule has 0 aromatic carbocycles. The zero-order valence-electron chi connectivity index (χ0n) is 11.2. The average molecular weight is 243 g/mol. The maximum atomic E-state index is 11.8. The van der Waals surface area contributed by atoms with Crippen LogP contribution in [0.25, 0.3) is 0 Å². The molecule has 1 aliphatic carbocycles. The van der Waals surface area contributed by atoms with Crippen LogP contribution in [0.5, 0.6) is 0 Å². The van der Waals surface area contributed by atoms with Gasteiger partial charge in [0.25, 0.3) is 0 Å². The molecule has 4 heteroatoms. The van der Waals surface area contributed by atoms with E-state index in [-0.39, 0.29) is 12.6 Å². The molecule has 0 aromatic rings. The molecule has 1 rings (SSSR count). The Bertz CT molecular complexity index is 244. The van der Waals surface area contributed by atoms with E-state index in [9.17, 15) is 4.79 Å². The van der Waals surface area contributed by atoms with Crippen molar-refractivity contribution in [2.24, 2.45) is 0 Å². The van der Waals surface area contributed by atoms with Gasteiger partial charge in [0.15, 0.2) is 0 Å². The molecular weight excluding hydrogens is 218 g/mol. The lowest BCUT2D eigenvalue weighted by molar-refractivity contribution is -0.157. The van der Waals surface area contributed by atoms with E-state index in [1.807, 2.05) is 20.8 Å². The largest absolute Gasteiger partial charge is 0.459 e. The Morgan fingerprint density at radius 2 is 2.06 bits per heavy atom. The standard InChI is InChI=1S/C13H25NO3/c1-13(2,3)17-12(16)10-14(8-5-9-15)11-6-4-7-11/h11,15H,4-10H2,1-3H3. The fourth-order valence-corrected chi connectivity index (χ4v) is 1.96. The summed E-state index contributed by atoms with van der Waals surface area (Å²) in [7, 11) is 0. The quantitative estimate of drug-likeness (QED) is 0.719. The first-order valence-corrected chi connectivity index (χ1v) is 6.49. The Hall–Kier alpha value is -0.610. The van der Waals surface area contributed by atoms with Gasteiger partial charge in [0.1, 0.15) is 5.60 Å². The average Bonchev–Trinajstić information content (AvgIpc) is 2.07. The lowest BCUT2D eigenvalue weighted by atomic mass is 9.91. The number of rotatable bonds is 6. The highest BCUT2D eigenvalue weighted by Crippen LogP contribution is 2.25. The predicted molar refractivity (Wildman–Crippen MR) is 66.8 cm³/mol. The van der Waals surface area contributed by atoms with Crippen LogP contribution in [0.1, 0.15) is 46.5 Å². The predicted octanol–water partition coefficient (Wildman–Crippen LogP) is 1.56. The van der Waals surface area contributed by atoms with Crippen molar-refractivity contribution in [1.82, 2.24) is 4.90 Å². The van der Waals surface area contributed by atoms with E-state index in [0.29, 0.717) is 12.6 Å². The van der Waals surface area contributed by atoms with Gasteiger partial charge in [0.05, 0.1) is 6.54 Å². The monoisotopic (exact) mass is 243 g/mol. The van der Waals surface area contributed by atoms with Crippen molar-refractivity contribution in [2.45, 2.75) is 58.1 Å². The molecule has 4 nitrogen and oxygen atoms in total. The summed E-state index contributed by atoms with van der Waals surface area (Å²) in [5.74, 6) is -0.165. The van der Waals surface area contributed by atoms with Crippen molar-refractivity contribution < 1.29 is 14.6 Å². The second-order valence-electron chi connectivity index (χ2n) is 5.72. The van der Waals surface area contributed by atoms with Crippen LogP contribution < -0.4 is 0 Å². The molecule has 0 heterocycles. The van der Waals surface area contributed by atoms with Crippen molar-refractivity contribution in [3.8, 4) is 0 Å². The zero-order chi connectivity index (χ0) is 12.9. The fraction of sp³-hybridized carbons (Fsp3) is 0.923. The first-order valence-electron chi connectivity index (χ1n) is 6.49. The van der Waals surface area contributed by atoms with Crippen LogP contribution in [0.4, 0.5) is 0 Å². The molecule has 0 bridgehead atoms. The summed E-state index contributed by atoms with van der Waals surface area (Å²) in [4.78, 5) is 13.9. The summed E-state index contributed by atoms with van der Waals surface area (Å²) in [6.07, 6.45) is 4.29. The Labute approximate surface area is 104 Å². The molecular formula is C13H25NO3. The Kier molecular flexibility index (Phi) is 5.40. The second kappa shape index (κ2) is 6.36. The number of ether oxygens (including phenoxy) is 1.